The standard InChI is InChI=1S/C20H23N5O3/c1-12(26)9-25-10-15(16-17(21)22-11-23-18(16)25)13-5-7-14(8-6-13)24-19(27)28-20(2,3)4/h5-8,10-11H,9H2,1-4H3,(H,24,27)(H2,21,22,23). The molecule has 8 nitrogen and oxygen atoms in total. The van der Waals surface area contributed by atoms with E-state index in [1.54, 1.807) is 37.5 Å². The fourth-order valence-electron chi connectivity index (χ4n) is 2.88. The molecule has 0 aliphatic heterocycles. The Morgan fingerprint density at radius 2 is 1.86 bits per heavy atom. The highest BCUT2D eigenvalue weighted by atomic mass is 16.6. The molecule has 0 unspecified atom stereocenters. The summed E-state index contributed by atoms with van der Waals surface area (Å²) in [5.74, 6) is 0.357. The summed E-state index contributed by atoms with van der Waals surface area (Å²) >= 11 is 0. The van der Waals surface area contributed by atoms with Gasteiger partial charge in [0.25, 0.3) is 0 Å². The maximum absolute atomic E-state index is 11.9. The molecule has 0 aliphatic carbocycles. The number of carbonyl (C=O) groups excluding carboxylic acids is 2. The van der Waals surface area contributed by atoms with Crippen molar-refractivity contribution in [3.63, 3.8) is 0 Å². The zero-order valence-electron chi connectivity index (χ0n) is 16.3. The van der Waals surface area contributed by atoms with Crippen LogP contribution >= 0.6 is 0 Å². The molecule has 2 aromatic heterocycles. The topological polar surface area (TPSA) is 112 Å². The van der Waals surface area contributed by atoms with Crippen molar-refractivity contribution in [3.05, 3.63) is 36.8 Å². The Kier molecular flexibility index (Phi) is 5.04. The van der Waals surface area contributed by atoms with Crippen molar-refractivity contribution in [2.24, 2.45) is 0 Å². The summed E-state index contributed by atoms with van der Waals surface area (Å²) in [4.78, 5) is 31.8. The number of ether oxygens (including phenoxy) is 1. The summed E-state index contributed by atoms with van der Waals surface area (Å²) in [7, 11) is 0. The number of benzene rings is 1. The van der Waals surface area contributed by atoms with Crippen molar-refractivity contribution >= 4 is 34.4 Å². The molecule has 0 saturated carbocycles. The van der Waals surface area contributed by atoms with Crippen LogP contribution in [-0.2, 0) is 16.1 Å². The number of Topliss-reactive ketones (excluding diaryl/α,β-unsaturated/α-hetero) is 1. The summed E-state index contributed by atoms with van der Waals surface area (Å²) in [6.45, 7) is 7.13. The van der Waals surface area contributed by atoms with E-state index in [0.717, 1.165) is 11.1 Å². The zero-order valence-corrected chi connectivity index (χ0v) is 16.3. The molecule has 3 aromatic rings. The second-order valence-corrected chi connectivity index (χ2v) is 7.53. The first-order valence-electron chi connectivity index (χ1n) is 8.83. The van der Waals surface area contributed by atoms with Crippen LogP contribution < -0.4 is 11.1 Å². The van der Waals surface area contributed by atoms with Crippen LogP contribution in [0.25, 0.3) is 22.2 Å². The van der Waals surface area contributed by atoms with E-state index in [1.165, 1.54) is 13.3 Å². The predicted molar refractivity (Wildman–Crippen MR) is 108 cm³/mol. The lowest BCUT2D eigenvalue weighted by molar-refractivity contribution is -0.117. The smallest absolute Gasteiger partial charge is 0.412 e. The highest BCUT2D eigenvalue weighted by Crippen LogP contribution is 2.33. The maximum atomic E-state index is 11.9. The van der Waals surface area contributed by atoms with Gasteiger partial charge in [0.2, 0.25) is 0 Å². The Labute approximate surface area is 162 Å². The molecule has 2 heterocycles. The van der Waals surface area contributed by atoms with Crippen LogP contribution in [0.15, 0.2) is 36.8 Å². The van der Waals surface area contributed by atoms with Crippen molar-refractivity contribution in [1.29, 1.82) is 0 Å². The van der Waals surface area contributed by atoms with E-state index >= 15 is 0 Å². The van der Waals surface area contributed by atoms with Gasteiger partial charge >= 0.3 is 6.09 Å². The summed E-state index contributed by atoms with van der Waals surface area (Å²) in [5.41, 5.74) is 8.39. The van der Waals surface area contributed by atoms with E-state index < -0.39 is 11.7 Å². The number of nitrogen functional groups attached to an aromatic ring is 1. The van der Waals surface area contributed by atoms with Crippen molar-refractivity contribution < 1.29 is 14.3 Å². The molecule has 0 aliphatic rings. The molecule has 0 radical (unpaired) electrons. The fraction of sp³-hybridized carbons (Fsp3) is 0.300. The second kappa shape index (κ2) is 7.30. The average Bonchev–Trinajstić information content (AvgIpc) is 2.93. The molecule has 8 heteroatoms. The Balaban J connectivity index is 1.93. The van der Waals surface area contributed by atoms with Gasteiger partial charge in [-0.1, -0.05) is 12.1 Å². The van der Waals surface area contributed by atoms with Crippen LogP contribution in [0.2, 0.25) is 0 Å². The van der Waals surface area contributed by atoms with E-state index in [0.29, 0.717) is 22.5 Å². The maximum Gasteiger partial charge on any atom is 0.412 e. The third-order valence-electron chi connectivity index (χ3n) is 3.92. The molecule has 1 amide bonds. The monoisotopic (exact) mass is 381 g/mol. The lowest BCUT2D eigenvalue weighted by atomic mass is 10.1. The number of hydrogen-bond acceptors (Lipinski definition) is 6. The first-order chi connectivity index (χ1) is 13.1. The first-order valence-corrected chi connectivity index (χ1v) is 8.83. The minimum absolute atomic E-state index is 0.0116. The van der Waals surface area contributed by atoms with E-state index in [1.807, 2.05) is 18.3 Å². The summed E-state index contributed by atoms with van der Waals surface area (Å²) < 4.78 is 7.01. The summed E-state index contributed by atoms with van der Waals surface area (Å²) in [6.07, 6.45) is 2.70. The molecule has 0 bridgehead atoms. The Hall–Kier alpha value is -3.42. The van der Waals surface area contributed by atoms with Crippen LogP contribution in [0.4, 0.5) is 16.3 Å². The first kappa shape index (κ1) is 19.3. The minimum atomic E-state index is -0.569. The number of nitrogens with two attached hydrogens (primary N) is 1. The van der Waals surface area contributed by atoms with Crippen LogP contribution in [0.1, 0.15) is 27.7 Å². The van der Waals surface area contributed by atoms with E-state index in [9.17, 15) is 9.59 Å². The number of carbonyl (C=O) groups is 2. The van der Waals surface area contributed by atoms with Gasteiger partial charge in [-0.15, -0.1) is 0 Å². The molecule has 0 saturated heterocycles. The number of aromatic nitrogens is 3. The number of nitrogens with one attached hydrogen (secondary N) is 1. The van der Waals surface area contributed by atoms with Gasteiger partial charge < -0.3 is 15.0 Å². The lowest BCUT2D eigenvalue weighted by Crippen LogP contribution is -2.27. The van der Waals surface area contributed by atoms with Gasteiger partial charge in [-0.3, -0.25) is 10.1 Å². The van der Waals surface area contributed by atoms with Crippen LogP contribution in [-0.4, -0.2) is 32.0 Å². The van der Waals surface area contributed by atoms with Crippen molar-refractivity contribution in [2.45, 2.75) is 39.8 Å². The normalized spacial score (nSPS) is 11.4. The molecule has 3 rings (SSSR count). The van der Waals surface area contributed by atoms with E-state index in [4.69, 9.17) is 10.5 Å². The summed E-state index contributed by atoms with van der Waals surface area (Å²) in [5, 5.41) is 3.39. The van der Waals surface area contributed by atoms with Crippen LogP contribution in [0, 0.1) is 0 Å². The van der Waals surface area contributed by atoms with Gasteiger partial charge in [0.05, 0.1) is 11.9 Å². The largest absolute Gasteiger partial charge is 0.444 e. The van der Waals surface area contributed by atoms with Gasteiger partial charge in [0.15, 0.2) is 0 Å². The SMILES string of the molecule is CC(=O)Cn1cc(-c2ccc(NC(=O)OC(C)(C)C)cc2)c2c(N)ncnc21. The Morgan fingerprint density at radius 1 is 1.18 bits per heavy atom. The third-order valence-corrected chi connectivity index (χ3v) is 3.92. The third kappa shape index (κ3) is 4.28. The van der Waals surface area contributed by atoms with Gasteiger partial charge in [-0.05, 0) is 45.4 Å². The number of amides is 1. The zero-order chi connectivity index (χ0) is 20.5. The number of fused-ring (bicyclic) bond motifs is 1. The number of hydrogen-bond donors (Lipinski definition) is 2. The van der Waals surface area contributed by atoms with Gasteiger partial charge in [-0.25, -0.2) is 14.8 Å². The molecule has 1 aromatic carbocycles. The molecule has 0 spiro atoms. The molecule has 0 fully saturated rings. The minimum Gasteiger partial charge on any atom is -0.444 e. The van der Waals surface area contributed by atoms with Crippen molar-refractivity contribution in [1.82, 2.24) is 14.5 Å². The summed E-state index contributed by atoms with van der Waals surface area (Å²) in [6, 6.07) is 7.25. The molecular weight excluding hydrogens is 358 g/mol. The average molecular weight is 381 g/mol. The van der Waals surface area contributed by atoms with E-state index in [2.05, 4.69) is 15.3 Å². The molecule has 146 valence electrons. The van der Waals surface area contributed by atoms with Crippen LogP contribution in [0.5, 0.6) is 0 Å². The Bertz CT molecular complexity index is 1030. The quantitative estimate of drug-likeness (QED) is 0.714. The van der Waals surface area contributed by atoms with Gasteiger partial charge in [-0.2, -0.15) is 0 Å². The number of ketones is 1. The van der Waals surface area contributed by atoms with Crippen LogP contribution in [0.3, 0.4) is 0 Å². The lowest BCUT2D eigenvalue weighted by Gasteiger charge is -2.19. The number of rotatable bonds is 4. The second-order valence-electron chi connectivity index (χ2n) is 7.53. The highest BCUT2D eigenvalue weighted by molar-refractivity contribution is 6.01. The highest BCUT2D eigenvalue weighted by Gasteiger charge is 2.17. The van der Waals surface area contributed by atoms with Crippen molar-refractivity contribution in [3.8, 4) is 11.1 Å². The predicted octanol–water partition coefficient (Wildman–Crippen LogP) is 3.62. The molecular formula is C20H23N5O3. The van der Waals surface area contributed by atoms with Gasteiger partial charge in [0, 0.05) is 17.4 Å². The Morgan fingerprint density at radius 3 is 2.46 bits per heavy atom. The molecule has 0 atom stereocenters. The molecule has 28 heavy (non-hydrogen) atoms. The van der Waals surface area contributed by atoms with Crippen molar-refractivity contribution in [2.75, 3.05) is 11.1 Å². The van der Waals surface area contributed by atoms with Gasteiger partial charge in [0.1, 0.15) is 29.2 Å². The molecule has 3 N–H and O–H groups in total. The fourth-order valence-corrected chi connectivity index (χ4v) is 2.88. The van der Waals surface area contributed by atoms with E-state index in [-0.39, 0.29) is 12.3 Å². The number of nitrogens with zero attached hydrogens (tertiary/aromatic N) is 3. The number of anilines is 2.